The largest absolute Gasteiger partial charge is 0.356 e. The first-order valence-electron chi connectivity index (χ1n) is 8.56. The monoisotopic (exact) mass is 287 g/mol. The van der Waals surface area contributed by atoms with Crippen LogP contribution in [-0.4, -0.2) is 12.5 Å². The molecule has 0 aromatic rings. The van der Waals surface area contributed by atoms with Crippen LogP contribution in [0.5, 0.6) is 0 Å². The minimum absolute atomic E-state index is 0.251. The smallest absolute Gasteiger partial charge is 0.220 e. The van der Waals surface area contributed by atoms with Crippen molar-refractivity contribution >= 4 is 5.91 Å². The molecule has 1 N–H and O–H groups in total. The number of hydrogen-bond donors (Lipinski definition) is 1. The van der Waals surface area contributed by atoms with Gasteiger partial charge in [-0.15, -0.1) is 12.3 Å². The van der Waals surface area contributed by atoms with E-state index in [1.165, 1.54) is 38.5 Å². The van der Waals surface area contributed by atoms with Gasteiger partial charge in [0, 0.05) is 19.4 Å². The zero-order valence-corrected chi connectivity index (χ0v) is 13.6. The second-order valence-electron chi connectivity index (χ2n) is 8.96. The van der Waals surface area contributed by atoms with E-state index in [0.29, 0.717) is 16.2 Å². The Balaban J connectivity index is 1.62. The van der Waals surface area contributed by atoms with Gasteiger partial charge in [-0.1, -0.05) is 13.8 Å². The number of hydrogen-bond acceptors (Lipinski definition) is 1. The Labute approximate surface area is 129 Å². The molecule has 4 bridgehead atoms. The van der Waals surface area contributed by atoms with Gasteiger partial charge in [0.15, 0.2) is 0 Å². The Hall–Kier alpha value is -0.970. The Bertz CT molecular complexity index is 456. The highest BCUT2D eigenvalue weighted by Crippen LogP contribution is 2.70. The highest BCUT2D eigenvalue weighted by Gasteiger charge is 2.60. The van der Waals surface area contributed by atoms with Gasteiger partial charge in [-0.05, 0) is 67.1 Å². The number of nitrogens with one attached hydrogen (secondary N) is 1. The van der Waals surface area contributed by atoms with Crippen LogP contribution in [0.3, 0.4) is 0 Å². The number of rotatable bonds is 5. The van der Waals surface area contributed by atoms with Crippen LogP contribution in [0.15, 0.2) is 0 Å². The van der Waals surface area contributed by atoms with Crippen molar-refractivity contribution in [2.24, 2.45) is 22.2 Å². The van der Waals surface area contributed by atoms with Gasteiger partial charge in [0.1, 0.15) is 0 Å². The first-order chi connectivity index (χ1) is 9.86. The summed E-state index contributed by atoms with van der Waals surface area (Å²) in [6.45, 7) is 5.67. The van der Waals surface area contributed by atoms with Gasteiger partial charge in [-0.2, -0.15) is 0 Å². The van der Waals surface area contributed by atoms with Crippen molar-refractivity contribution in [1.82, 2.24) is 5.32 Å². The summed E-state index contributed by atoms with van der Waals surface area (Å²) in [7, 11) is 0. The van der Waals surface area contributed by atoms with Crippen LogP contribution in [0.1, 0.15) is 71.6 Å². The van der Waals surface area contributed by atoms with Crippen molar-refractivity contribution in [2.75, 3.05) is 6.54 Å². The topological polar surface area (TPSA) is 29.1 Å². The second kappa shape index (κ2) is 5.04. The molecule has 116 valence electrons. The predicted octanol–water partition coefficient (Wildman–Crippen LogP) is 3.90. The number of amides is 1. The summed E-state index contributed by atoms with van der Waals surface area (Å²) in [6, 6.07) is 0. The predicted molar refractivity (Wildman–Crippen MR) is 85.5 cm³/mol. The molecular weight excluding hydrogens is 258 g/mol. The fourth-order valence-corrected chi connectivity index (χ4v) is 6.70. The summed E-state index contributed by atoms with van der Waals surface area (Å²) >= 11 is 0. The summed E-state index contributed by atoms with van der Waals surface area (Å²) in [6.07, 6.45) is 15.6. The van der Waals surface area contributed by atoms with E-state index >= 15 is 0 Å². The molecule has 0 spiro atoms. The molecule has 4 aliphatic rings. The van der Waals surface area contributed by atoms with Crippen molar-refractivity contribution in [2.45, 2.75) is 71.6 Å². The van der Waals surface area contributed by atoms with Gasteiger partial charge >= 0.3 is 0 Å². The molecule has 2 unspecified atom stereocenters. The Morgan fingerprint density at radius 1 is 1.19 bits per heavy atom. The lowest BCUT2D eigenvalue weighted by molar-refractivity contribution is -0.156. The van der Waals surface area contributed by atoms with E-state index in [-0.39, 0.29) is 5.91 Å². The maximum absolute atomic E-state index is 12.3. The Morgan fingerprint density at radius 2 is 1.86 bits per heavy atom. The van der Waals surface area contributed by atoms with E-state index in [9.17, 15) is 4.79 Å². The molecule has 1 amide bonds. The molecule has 0 aliphatic heterocycles. The molecule has 0 aromatic heterocycles. The van der Waals surface area contributed by atoms with Gasteiger partial charge in [-0.25, -0.2) is 0 Å². The Kier molecular flexibility index (Phi) is 3.59. The number of unbranched alkanes of at least 4 members (excludes halogenated alkanes) is 1. The fourth-order valence-electron chi connectivity index (χ4n) is 6.70. The average molecular weight is 287 g/mol. The lowest BCUT2D eigenvalue weighted by Crippen LogP contribution is -2.56. The fraction of sp³-hybridized carbons (Fsp3) is 0.842. The number of terminal acetylenes is 1. The van der Waals surface area contributed by atoms with Gasteiger partial charge < -0.3 is 5.32 Å². The minimum Gasteiger partial charge on any atom is -0.356 e. The highest BCUT2D eigenvalue weighted by atomic mass is 16.1. The molecule has 2 atom stereocenters. The lowest BCUT2D eigenvalue weighted by atomic mass is 9.40. The third-order valence-electron chi connectivity index (χ3n) is 6.10. The first-order valence-corrected chi connectivity index (χ1v) is 8.56. The summed E-state index contributed by atoms with van der Waals surface area (Å²) in [5, 5.41) is 3.08. The van der Waals surface area contributed by atoms with Crippen molar-refractivity contribution in [3.05, 3.63) is 0 Å². The van der Waals surface area contributed by atoms with E-state index in [1.807, 2.05) is 0 Å². The zero-order chi connectivity index (χ0) is 15.1. The molecule has 4 aliphatic carbocycles. The molecular formula is C19H29NO. The molecule has 4 saturated carbocycles. The number of carbonyl (C=O) groups is 1. The van der Waals surface area contributed by atoms with Crippen LogP contribution in [-0.2, 0) is 4.79 Å². The maximum Gasteiger partial charge on any atom is 0.220 e. The van der Waals surface area contributed by atoms with Crippen molar-refractivity contribution in [1.29, 1.82) is 0 Å². The van der Waals surface area contributed by atoms with E-state index in [4.69, 9.17) is 6.42 Å². The Morgan fingerprint density at radius 3 is 2.43 bits per heavy atom. The van der Waals surface area contributed by atoms with E-state index in [0.717, 1.165) is 31.7 Å². The molecule has 2 heteroatoms. The minimum atomic E-state index is 0.251. The van der Waals surface area contributed by atoms with Gasteiger partial charge in [0.25, 0.3) is 0 Å². The third-order valence-corrected chi connectivity index (χ3v) is 6.10. The van der Waals surface area contributed by atoms with Crippen molar-refractivity contribution in [3.8, 4) is 12.3 Å². The van der Waals surface area contributed by atoms with Crippen molar-refractivity contribution < 1.29 is 4.79 Å². The van der Waals surface area contributed by atoms with Crippen LogP contribution >= 0.6 is 0 Å². The normalized spacial score (nSPS) is 43.6. The van der Waals surface area contributed by atoms with Crippen LogP contribution in [0.4, 0.5) is 0 Å². The summed E-state index contributed by atoms with van der Waals surface area (Å²) < 4.78 is 0. The standard InChI is InChI=1S/C19H29NO/c1-4-5-6-7-20-16(21)11-19-10-15-8-17(2,13-19)12-18(3,9-15)14-19/h1,15H,5-14H2,2-3H3,(H,20,21). The average Bonchev–Trinajstić information content (AvgIpc) is 2.29. The van der Waals surface area contributed by atoms with Gasteiger partial charge in [0.2, 0.25) is 5.91 Å². The molecule has 0 aromatic carbocycles. The molecule has 0 radical (unpaired) electrons. The summed E-state index contributed by atoms with van der Waals surface area (Å²) in [4.78, 5) is 12.3. The maximum atomic E-state index is 12.3. The first kappa shape index (κ1) is 14.9. The summed E-state index contributed by atoms with van der Waals surface area (Å²) in [5.41, 5.74) is 1.29. The molecule has 0 heterocycles. The summed E-state index contributed by atoms with van der Waals surface area (Å²) in [5.74, 6) is 3.74. The van der Waals surface area contributed by atoms with Crippen molar-refractivity contribution in [3.63, 3.8) is 0 Å². The van der Waals surface area contributed by atoms with E-state index in [2.05, 4.69) is 25.1 Å². The van der Waals surface area contributed by atoms with Crippen LogP contribution in [0.2, 0.25) is 0 Å². The molecule has 4 fully saturated rings. The molecule has 2 nitrogen and oxygen atoms in total. The zero-order valence-electron chi connectivity index (χ0n) is 13.6. The number of carbonyl (C=O) groups excluding carboxylic acids is 1. The van der Waals surface area contributed by atoms with Gasteiger partial charge in [-0.3, -0.25) is 4.79 Å². The molecule has 0 saturated heterocycles. The van der Waals surface area contributed by atoms with E-state index in [1.54, 1.807) is 0 Å². The van der Waals surface area contributed by atoms with E-state index < -0.39 is 0 Å². The van der Waals surface area contributed by atoms with Crippen LogP contribution in [0, 0.1) is 34.5 Å². The quantitative estimate of drug-likeness (QED) is 0.603. The molecule has 4 rings (SSSR count). The lowest BCUT2D eigenvalue weighted by Gasteiger charge is -2.65. The van der Waals surface area contributed by atoms with Crippen LogP contribution < -0.4 is 5.32 Å². The molecule has 21 heavy (non-hydrogen) atoms. The van der Waals surface area contributed by atoms with Crippen LogP contribution in [0.25, 0.3) is 0 Å². The van der Waals surface area contributed by atoms with Gasteiger partial charge in [0.05, 0.1) is 0 Å². The SMILES string of the molecule is C#CCCCNC(=O)CC12CC3CC(C)(CC(C)(C3)C1)C2. The third kappa shape index (κ3) is 2.98. The highest BCUT2D eigenvalue weighted by molar-refractivity contribution is 5.76. The second-order valence-corrected chi connectivity index (χ2v) is 8.96.